The third-order valence-corrected chi connectivity index (χ3v) is 11.8. The number of benzene rings is 3. The van der Waals surface area contributed by atoms with Gasteiger partial charge < -0.3 is 36.6 Å². The topological polar surface area (TPSA) is 224 Å². The Morgan fingerprint density at radius 3 is 2.61 bits per heavy atom. The Balaban J connectivity index is 0.000000584. The number of nitrogens with one attached hydrogen (secondary N) is 4. The van der Waals surface area contributed by atoms with Gasteiger partial charge in [-0.25, -0.2) is 17.8 Å². The zero-order valence-corrected chi connectivity index (χ0v) is 33.7. The average molecular weight is 824 g/mol. The van der Waals surface area contributed by atoms with Crippen LogP contribution in [0.4, 0.5) is 16.0 Å². The summed E-state index contributed by atoms with van der Waals surface area (Å²) in [4.78, 5) is 40.8. The molecule has 0 unspecified atom stereocenters. The van der Waals surface area contributed by atoms with E-state index in [4.69, 9.17) is 15.9 Å². The highest BCUT2D eigenvalue weighted by Gasteiger charge is 2.32. The van der Waals surface area contributed by atoms with Gasteiger partial charge in [-0.15, -0.1) is 5.10 Å². The standard InChI is InChI=1S/C36H35FN8O4S.C6H11NO2/c1-20(2)49-33-32(26(16-38)17-39)41-19-45-34(33)43-36(44-45)42-31-9-7-28(15-30(31)37)50(47,48)27-5-3-4-21(13-27)10-22-11-24(12-22)23-6-8-29-25(14-23)18-40-35(29)46;1-7-6(9)4-2-3-5-8/h3-9,13-17,19-20,22,24,38H,10-12,18,39H2,1-2H3,(H,40,46)(H,42,44);5H,2-4H2,1H3,(H,7,9)/b26-17+,38-16?;. The summed E-state index contributed by atoms with van der Waals surface area (Å²) in [6.07, 6.45) is 8.52. The number of hydrogen-bond acceptors (Lipinski definition) is 12. The lowest BCUT2D eigenvalue weighted by Crippen LogP contribution is -2.24. The molecule has 5 aromatic rings. The summed E-state index contributed by atoms with van der Waals surface area (Å²) in [5.41, 5.74) is 10.5. The molecule has 59 heavy (non-hydrogen) atoms. The molecule has 3 aromatic carbocycles. The van der Waals surface area contributed by atoms with Gasteiger partial charge in [0.1, 0.15) is 24.1 Å². The number of anilines is 2. The van der Waals surface area contributed by atoms with Crippen molar-refractivity contribution in [1.82, 2.24) is 30.2 Å². The SMILES string of the molecule is CC(C)Oc1c(/C(C=N)=C/N)ncn2nc(Nc3ccc(S(=O)(=O)c4cccc(CC5CC(c6ccc7c(c6)CNC7=O)C5)c4)cc3F)nc12.CNC(=O)CCCC=O. The Labute approximate surface area is 341 Å². The van der Waals surface area contributed by atoms with Crippen LogP contribution in [0.15, 0.2) is 83.0 Å². The molecule has 1 aliphatic heterocycles. The maximum absolute atomic E-state index is 15.4. The highest BCUT2D eigenvalue weighted by molar-refractivity contribution is 7.91. The van der Waals surface area contributed by atoms with Gasteiger partial charge >= 0.3 is 0 Å². The second kappa shape index (κ2) is 18.4. The van der Waals surface area contributed by atoms with E-state index in [1.165, 1.54) is 40.8 Å². The van der Waals surface area contributed by atoms with Gasteiger partial charge in [-0.05, 0) is 104 Å². The molecule has 1 aliphatic carbocycles. The number of nitrogens with two attached hydrogens (primary N) is 1. The molecule has 2 amide bonds. The van der Waals surface area contributed by atoms with E-state index in [1.54, 1.807) is 19.2 Å². The van der Waals surface area contributed by atoms with Crippen LogP contribution in [0.1, 0.15) is 84.6 Å². The van der Waals surface area contributed by atoms with Gasteiger partial charge in [-0.2, -0.15) is 9.50 Å². The molecular formula is C42H46FN9O6S. The number of carbonyl (C=O) groups excluding carboxylic acids is 3. The maximum Gasteiger partial charge on any atom is 0.251 e. The van der Waals surface area contributed by atoms with Gasteiger partial charge in [-0.3, -0.25) is 9.59 Å². The maximum atomic E-state index is 15.4. The molecule has 15 nitrogen and oxygen atoms in total. The third-order valence-electron chi connectivity index (χ3n) is 10.1. The van der Waals surface area contributed by atoms with Gasteiger partial charge in [-0.1, -0.05) is 24.3 Å². The zero-order valence-electron chi connectivity index (χ0n) is 32.9. The van der Waals surface area contributed by atoms with Crippen LogP contribution in [0.3, 0.4) is 0 Å². The quantitative estimate of drug-likeness (QED) is 0.0492. The van der Waals surface area contributed by atoms with Crippen LogP contribution in [0.2, 0.25) is 0 Å². The smallest absolute Gasteiger partial charge is 0.251 e. The van der Waals surface area contributed by atoms with E-state index in [0.717, 1.165) is 54.5 Å². The summed E-state index contributed by atoms with van der Waals surface area (Å²) in [5.74, 6) is 0.266. The number of amides is 2. The predicted octanol–water partition coefficient (Wildman–Crippen LogP) is 5.66. The first-order chi connectivity index (χ1) is 28.3. The third kappa shape index (κ3) is 9.63. The average Bonchev–Trinajstić information content (AvgIpc) is 3.80. The van der Waals surface area contributed by atoms with Crippen LogP contribution in [0.25, 0.3) is 11.2 Å². The van der Waals surface area contributed by atoms with Crippen LogP contribution in [0, 0.1) is 17.1 Å². The highest BCUT2D eigenvalue weighted by Crippen LogP contribution is 2.44. The number of carbonyl (C=O) groups is 3. The highest BCUT2D eigenvalue weighted by atomic mass is 32.2. The summed E-state index contributed by atoms with van der Waals surface area (Å²) in [6, 6.07) is 16.5. The Hall–Kier alpha value is -6.49. The van der Waals surface area contributed by atoms with Crippen LogP contribution in [0.5, 0.6) is 5.75 Å². The monoisotopic (exact) mass is 823 g/mol. The second-order valence-corrected chi connectivity index (χ2v) is 16.5. The molecule has 0 spiro atoms. The normalized spacial score (nSPS) is 16.0. The Morgan fingerprint density at radius 1 is 1.14 bits per heavy atom. The summed E-state index contributed by atoms with van der Waals surface area (Å²) in [6.45, 7) is 4.21. The minimum atomic E-state index is -4.01. The number of aromatic nitrogens is 4. The minimum absolute atomic E-state index is 0.00292. The van der Waals surface area contributed by atoms with Crippen molar-refractivity contribution < 1.29 is 31.9 Å². The van der Waals surface area contributed by atoms with E-state index in [-0.39, 0.29) is 50.7 Å². The number of hydrogen-bond donors (Lipinski definition) is 5. The Morgan fingerprint density at radius 2 is 1.92 bits per heavy atom. The molecule has 1 saturated carbocycles. The molecule has 308 valence electrons. The molecule has 0 radical (unpaired) electrons. The van der Waals surface area contributed by atoms with Crippen LogP contribution < -0.4 is 26.4 Å². The first kappa shape index (κ1) is 42.1. The number of sulfone groups is 1. The molecule has 6 N–H and O–H groups in total. The van der Waals surface area contributed by atoms with Crippen molar-refractivity contribution in [3.8, 4) is 5.75 Å². The number of aldehydes is 1. The number of ether oxygens (including phenoxy) is 1. The van der Waals surface area contributed by atoms with Crippen molar-refractivity contribution in [2.24, 2.45) is 11.7 Å². The fourth-order valence-electron chi connectivity index (χ4n) is 6.98. The number of allylic oxidation sites excluding steroid dienone is 1. The molecule has 0 bridgehead atoms. The molecule has 1 fully saturated rings. The summed E-state index contributed by atoms with van der Waals surface area (Å²) in [5, 5.41) is 20.1. The Bertz CT molecular complexity index is 2530. The van der Waals surface area contributed by atoms with Crippen LogP contribution >= 0.6 is 0 Å². The Kier molecular flexibility index (Phi) is 13.1. The van der Waals surface area contributed by atoms with Crippen molar-refractivity contribution in [3.63, 3.8) is 0 Å². The summed E-state index contributed by atoms with van der Waals surface area (Å²) in [7, 11) is -2.43. The lowest BCUT2D eigenvalue weighted by Gasteiger charge is -2.36. The molecule has 0 atom stereocenters. The second-order valence-electron chi connectivity index (χ2n) is 14.5. The molecule has 3 heterocycles. The van der Waals surface area contributed by atoms with Crippen molar-refractivity contribution >= 4 is 57.0 Å². The van der Waals surface area contributed by atoms with Gasteiger partial charge in [0.25, 0.3) is 5.91 Å². The van der Waals surface area contributed by atoms with Crippen LogP contribution in [-0.2, 0) is 32.4 Å². The number of unbranched alkanes of at least 4 members (excludes halogenated alkanes) is 1. The van der Waals surface area contributed by atoms with E-state index < -0.39 is 15.7 Å². The van der Waals surface area contributed by atoms with Gasteiger partial charge in [0.15, 0.2) is 5.75 Å². The number of halogens is 1. The predicted molar refractivity (Wildman–Crippen MR) is 220 cm³/mol. The van der Waals surface area contributed by atoms with E-state index >= 15 is 4.39 Å². The van der Waals surface area contributed by atoms with E-state index in [1.807, 2.05) is 32.0 Å². The summed E-state index contributed by atoms with van der Waals surface area (Å²) >= 11 is 0. The lowest BCUT2D eigenvalue weighted by molar-refractivity contribution is -0.120. The van der Waals surface area contributed by atoms with Crippen molar-refractivity contribution in [2.45, 2.75) is 80.7 Å². The first-order valence-electron chi connectivity index (χ1n) is 19.2. The van der Waals surface area contributed by atoms with E-state index in [2.05, 4.69) is 37.1 Å². The van der Waals surface area contributed by atoms with Crippen molar-refractivity contribution in [2.75, 3.05) is 12.4 Å². The first-order valence-corrected chi connectivity index (χ1v) is 20.6. The minimum Gasteiger partial charge on any atom is -0.485 e. The molecule has 0 saturated heterocycles. The molecule has 2 aliphatic rings. The fourth-order valence-corrected chi connectivity index (χ4v) is 8.32. The van der Waals surface area contributed by atoms with Crippen molar-refractivity contribution in [3.05, 3.63) is 107 Å². The number of nitrogens with zero attached hydrogens (tertiary/aromatic N) is 4. The van der Waals surface area contributed by atoms with Crippen LogP contribution in [-0.4, -0.2) is 65.5 Å². The fraction of sp³-hybridized carbons (Fsp3) is 0.310. The molecule has 7 rings (SSSR count). The number of rotatable bonds is 15. The van der Waals surface area contributed by atoms with Gasteiger partial charge in [0.2, 0.25) is 27.3 Å². The molecule has 2 aromatic heterocycles. The zero-order chi connectivity index (χ0) is 42.3. The van der Waals surface area contributed by atoms with Gasteiger partial charge in [0, 0.05) is 50.0 Å². The lowest BCUT2D eigenvalue weighted by atomic mass is 9.69. The van der Waals surface area contributed by atoms with Crippen molar-refractivity contribution in [1.29, 1.82) is 5.41 Å². The molecular weight excluding hydrogens is 778 g/mol. The summed E-state index contributed by atoms with van der Waals surface area (Å²) < 4.78 is 50.0. The number of fused-ring (bicyclic) bond motifs is 2. The van der Waals surface area contributed by atoms with E-state index in [9.17, 15) is 22.8 Å². The largest absolute Gasteiger partial charge is 0.485 e. The molecule has 17 heteroatoms. The van der Waals surface area contributed by atoms with Gasteiger partial charge in [0.05, 0.1) is 21.6 Å². The van der Waals surface area contributed by atoms with E-state index in [0.29, 0.717) is 48.9 Å².